The number of pyridine rings is 1. The minimum atomic E-state index is -0.601. The zero-order valence-electron chi connectivity index (χ0n) is 10.2. The first kappa shape index (κ1) is 11.3. The first-order chi connectivity index (χ1) is 8.04. The lowest BCUT2D eigenvalue weighted by Gasteiger charge is -2.10. The van der Waals surface area contributed by atoms with Crippen LogP contribution in [0, 0.1) is 18.3 Å². The predicted molar refractivity (Wildman–Crippen MR) is 65.2 cm³/mol. The number of nitrogens with zero attached hydrogens (tertiary/aromatic N) is 3. The summed E-state index contributed by atoms with van der Waals surface area (Å²) in [4.78, 5) is 11.7. The third-order valence-electron chi connectivity index (χ3n) is 2.71. The van der Waals surface area contributed by atoms with Crippen LogP contribution in [0.5, 0.6) is 0 Å². The normalized spacial score (nSPS) is 11.2. The van der Waals surface area contributed by atoms with Gasteiger partial charge in [0.05, 0.1) is 11.8 Å². The minimum Gasteiger partial charge on any atom is -0.344 e. The molecule has 4 heteroatoms. The van der Waals surface area contributed by atoms with Gasteiger partial charge in [0.2, 0.25) is 0 Å². The smallest absolute Gasteiger partial charge is 0.126 e. The van der Waals surface area contributed by atoms with Crippen LogP contribution in [0.25, 0.3) is 11.3 Å². The van der Waals surface area contributed by atoms with E-state index in [1.54, 1.807) is 12.4 Å². The van der Waals surface area contributed by atoms with Gasteiger partial charge in [-0.1, -0.05) is 0 Å². The van der Waals surface area contributed by atoms with E-state index in [-0.39, 0.29) is 0 Å². The quantitative estimate of drug-likeness (QED) is 0.855. The van der Waals surface area contributed by atoms with Crippen LogP contribution in [-0.2, 0) is 5.41 Å². The van der Waals surface area contributed by atoms with Crippen molar-refractivity contribution >= 4 is 0 Å². The molecule has 0 bridgehead atoms. The maximum absolute atomic E-state index is 9.10. The second-order valence-corrected chi connectivity index (χ2v) is 4.53. The zero-order valence-corrected chi connectivity index (χ0v) is 10.2. The van der Waals surface area contributed by atoms with E-state index >= 15 is 0 Å². The van der Waals surface area contributed by atoms with Gasteiger partial charge in [0.25, 0.3) is 0 Å². The van der Waals surface area contributed by atoms with E-state index in [0.29, 0.717) is 5.82 Å². The van der Waals surface area contributed by atoms with Crippen LogP contribution in [0.3, 0.4) is 0 Å². The fourth-order valence-electron chi connectivity index (χ4n) is 1.60. The van der Waals surface area contributed by atoms with E-state index in [1.807, 2.05) is 32.9 Å². The van der Waals surface area contributed by atoms with Crippen molar-refractivity contribution in [1.82, 2.24) is 15.0 Å². The molecule has 86 valence electrons. The Morgan fingerprint density at radius 1 is 1.29 bits per heavy atom. The predicted octanol–water partition coefficient (Wildman–Crippen LogP) is 2.58. The first-order valence-corrected chi connectivity index (χ1v) is 5.43. The summed E-state index contributed by atoms with van der Waals surface area (Å²) in [5.41, 5.74) is 2.25. The average molecular weight is 226 g/mol. The van der Waals surface area contributed by atoms with Crippen molar-refractivity contribution in [1.29, 1.82) is 5.26 Å². The molecule has 0 aliphatic carbocycles. The average Bonchev–Trinajstić information content (AvgIpc) is 2.73. The van der Waals surface area contributed by atoms with Crippen molar-refractivity contribution in [2.75, 3.05) is 0 Å². The number of nitriles is 1. The van der Waals surface area contributed by atoms with Crippen LogP contribution >= 0.6 is 0 Å². The fraction of sp³-hybridized carbons (Fsp3) is 0.308. The highest BCUT2D eigenvalue weighted by Gasteiger charge is 2.25. The molecule has 0 atom stereocenters. The molecule has 0 spiro atoms. The summed E-state index contributed by atoms with van der Waals surface area (Å²) in [5.74, 6) is 0.698. The Morgan fingerprint density at radius 3 is 2.53 bits per heavy atom. The van der Waals surface area contributed by atoms with E-state index in [1.165, 1.54) is 0 Å². The number of aryl methyl sites for hydroxylation is 1. The van der Waals surface area contributed by atoms with Gasteiger partial charge in [-0.15, -0.1) is 0 Å². The number of hydrogen-bond acceptors (Lipinski definition) is 3. The number of hydrogen-bond donors (Lipinski definition) is 1. The van der Waals surface area contributed by atoms with E-state index in [4.69, 9.17) is 5.26 Å². The molecule has 0 unspecified atom stereocenters. The summed E-state index contributed by atoms with van der Waals surface area (Å²) in [6.07, 6.45) is 3.47. The standard InChI is InChI=1S/C13H14N4/c1-9-11(10-4-6-15-7-5-10)17-12(16-9)13(2,3)8-14/h4-7H,1-3H3,(H,16,17). The highest BCUT2D eigenvalue weighted by molar-refractivity contribution is 5.61. The molecule has 0 aromatic carbocycles. The molecule has 2 aromatic heterocycles. The van der Waals surface area contributed by atoms with Crippen LogP contribution < -0.4 is 0 Å². The Bertz CT molecular complexity index is 561. The van der Waals surface area contributed by atoms with Crippen molar-refractivity contribution in [2.24, 2.45) is 0 Å². The Kier molecular flexibility index (Phi) is 2.68. The number of nitrogens with one attached hydrogen (secondary N) is 1. The zero-order chi connectivity index (χ0) is 12.5. The molecule has 2 aromatic rings. The lowest BCUT2D eigenvalue weighted by atomic mass is 9.95. The van der Waals surface area contributed by atoms with E-state index < -0.39 is 5.41 Å². The molecule has 0 radical (unpaired) electrons. The topological polar surface area (TPSA) is 65.4 Å². The number of rotatable bonds is 2. The van der Waals surface area contributed by atoms with Crippen LogP contribution in [0.15, 0.2) is 24.5 Å². The highest BCUT2D eigenvalue weighted by Crippen LogP contribution is 2.26. The van der Waals surface area contributed by atoms with Crippen molar-refractivity contribution in [3.63, 3.8) is 0 Å². The molecule has 2 heterocycles. The van der Waals surface area contributed by atoms with Crippen LogP contribution in [0.4, 0.5) is 0 Å². The first-order valence-electron chi connectivity index (χ1n) is 5.43. The summed E-state index contributed by atoms with van der Waals surface area (Å²) in [6, 6.07) is 6.06. The molecule has 0 amide bonds. The Hall–Kier alpha value is -2.15. The fourth-order valence-corrected chi connectivity index (χ4v) is 1.60. The molecule has 0 saturated heterocycles. The molecule has 0 saturated carbocycles. The summed E-state index contributed by atoms with van der Waals surface area (Å²) in [7, 11) is 0. The van der Waals surface area contributed by atoms with Crippen molar-refractivity contribution in [3.05, 3.63) is 36.0 Å². The molecule has 0 aliphatic rings. The van der Waals surface area contributed by atoms with Crippen molar-refractivity contribution in [2.45, 2.75) is 26.2 Å². The third kappa shape index (κ3) is 2.04. The summed E-state index contributed by atoms with van der Waals surface area (Å²) >= 11 is 0. The molecular weight excluding hydrogens is 212 g/mol. The van der Waals surface area contributed by atoms with E-state index in [2.05, 4.69) is 21.0 Å². The Morgan fingerprint density at radius 2 is 1.94 bits per heavy atom. The molecule has 2 rings (SSSR count). The van der Waals surface area contributed by atoms with Gasteiger partial charge in [0.1, 0.15) is 11.2 Å². The SMILES string of the molecule is Cc1[nH]c(C(C)(C)C#N)nc1-c1ccncc1. The molecule has 0 fully saturated rings. The van der Waals surface area contributed by atoms with Crippen LogP contribution in [-0.4, -0.2) is 15.0 Å². The lowest BCUT2D eigenvalue weighted by Crippen LogP contribution is -2.15. The molecular formula is C13H14N4. The van der Waals surface area contributed by atoms with E-state index in [0.717, 1.165) is 17.0 Å². The van der Waals surface area contributed by atoms with Crippen molar-refractivity contribution in [3.8, 4) is 17.3 Å². The molecule has 4 nitrogen and oxygen atoms in total. The van der Waals surface area contributed by atoms with Gasteiger partial charge in [0.15, 0.2) is 0 Å². The summed E-state index contributed by atoms with van der Waals surface area (Å²) in [6.45, 7) is 5.66. The maximum Gasteiger partial charge on any atom is 0.126 e. The van der Waals surface area contributed by atoms with Gasteiger partial charge < -0.3 is 4.98 Å². The second-order valence-electron chi connectivity index (χ2n) is 4.53. The van der Waals surface area contributed by atoms with Crippen LogP contribution in [0.2, 0.25) is 0 Å². The monoisotopic (exact) mass is 226 g/mol. The Labute approximate surface area is 100 Å². The maximum atomic E-state index is 9.10. The Balaban J connectivity index is 2.50. The minimum absolute atomic E-state index is 0.601. The van der Waals surface area contributed by atoms with Crippen LogP contribution in [0.1, 0.15) is 25.4 Å². The number of imidazole rings is 1. The highest BCUT2D eigenvalue weighted by atomic mass is 15.0. The third-order valence-corrected chi connectivity index (χ3v) is 2.71. The van der Waals surface area contributed by atoms with Gasteiger partial charge in [-0.05, 0) is 32.9 Å². The lowest BCUT2D eigenvalue weighted by molar-refractivity contribution is 0.638. The second kappa shape index (κ2) is 4.02. The number of aromatic amines is 1. The molecule has 1 N–H and O–H groups in total. The number of H-pyrrole nitrogens is 1. The van der Waals surface area contributed by atoms with Crippen molar-refractivity contribution < 1.29 is 0 Å². The van der Waals surface area contributed by atoms with Gasteiger partial charge in [-0.3, -0.25) is 4.98 Å². The molecule has 17 heavy (non-hydrogen) atoms. The molecule has 0 aliphatic heterocycles. The van der Waals surface area contributed by atoms with Gasteiger partial charge in [-0.2, -0.15) is 5.26 Å². The summed E-state index contributed by atoms with van der Waals surface area (Å²) < 4.78 is 0. The summed E-state index contributed by atoms with van der Waals surface area (Å²) in [5, 5.41) is 9.10. The van der Waals surface area contributed by atoms with Gasteiger partial charge in [0, 0.05) is 23.7 Å². The van der Waals surface area contributed by atoms with E-state index in [9.17, 15) is 0 Å². The van der Waals surface area contributed by atoms with Gasteiger partial charge in [-0.25, -0.2) is 4.98 Å². The number of aromatic nitrogens is 3. The largest absolute Gasteiger partial charge is 0.344 e. The van der Waals surface area contributed by atoms with Gasteiger partial charge >= 0.3 is 0 Å².